The summed E-state index contributed by atoms with van der Waals surface area (Å²) in [5.41, 5.74) is 1.27. The van der Waals surface area contributed by atoms with Crippen LogP contribution >= 0.6 is 0 Å². The number of Topliss-reactive ketones (excluding diaryl/α,β-unsaturated/α-hetero) is 1. The SMILES string of the molecule is COc1ccc(C(=O)[C@@H](C)OC(=O)Cn2c(=O)oc3ccccc32)cc1. The van der Waals surface area contributed by atoms with Crippen molar-refractivity contribution in [3.8, 4) is 5.75 Å². The van der Waals surface area contributed by atoms with Crippen molar-refractivity contribution in [2.75, 3.05) is 7.11 Å². The summed E-state index contributed by atoms with van der Waals surface area (Å²) in [5.74, 6) is -1.08. The largest absolute Gasteiger partial charge is 0.497 e. The molecule has 0 bridgehead atoms. The summed E-state index contributed by atoms with van der Waals surface area (Å²) in [7, 11) is 1.53. The van der Waals surface area contributed by atoms with E-state index in [-0.39, 0.29) is 12.3 Å². The van der Waals surface area contributed by atoms with Gasteiger partial charge in [0.05, 0.1) is 12.6 Å². The highest BCUT2D eigenvalue weighted by molar-refractivity contribution is 6.00. The van der Waals surface area contributed by atoms with Crippen LogP contribution in [0.4, 0.5) is 0 Å². The fourth-order valence-corrected chi connectivity index (χ4v) is 2.57. The predicted molar refractivity (Wildman–Crippen MR) is 93.4 cm³/mol. The summed E-state index contributed by atoms with van der Waals surface area (Å²) in [6.45, 7) is 1.15. The summed E-state index contributed by atoms with van der Waals surface area (Å²) >= 11 is 0. The Balaban J connectivity index is 1.69. The molecule has 3 rings (SSSR count). The first-order chi connectivity index (χ1) is 12.5. The number of ketones is 1. The third kappa shape index (κ3) is 3.51. The molecule has 0 saturated heterocycles. The second-order valence-corrected chi connectivity index (χ2v) is 5.65. The Kier molecular flexibility index (Phi) is 4.88. The second kappa shape index (κ2) is 7.26. The zero-order valence-corrected chi connectivity index (χ0v) is 14.3. The summed E-state index contributed by atoms with van der Waals surface area (Å²) in [6, 6.07) is 13.3. The molecule has 0 unspecified atom stereocenters. The lowest BCUT2D eigenvalue weighted by atomic mass is 10.1. The molecule has 0 radical (unpaired) electrons. The number of ether oxygens (including phenoxy) is 2. The topological polar surface area (TPSA) is 87.7 Å². The van der Waals surface area contributed by atoms with Crippen LogP contribution in [0.5, 0.6) is 5.75 Å². The summed E-state index contributed by atoms with van der Waals surface area (Å²) in [4.78, 5) is 36.4. The zero-order valence-electron chi connectivity index (χ0n) is 14.3. The number of carbonyl (C=O) groups excluding carboxylic acids is 2. The molecule has 3 aromatic rings. The number of fused-ring (bicyclic) bond motifs is 1. The average molecular weight is 355 g/mol. The average Bonchev–Trinajstić information content (AvgIpc) is 2.96. The van der Waals surface area contributed by atoms with E-state index in [0.717, 1.165) is 0 Å². The van der Waals surface area contributed by atoms with E-state index in [1.807, 2.05) is 0 Å². The summed E-state index contributed by atoms with van der Waals surface area (Å²) in [5, 5.41) is 0. The maximum absolute atomic E-state index is 12.4. The molecule has 0 amide bonds. The van der Waals surface area contributed by atoms with Gasteiger partial charge in [-0.05, 0) is 43.3 Å². The van der Waals surface area contributed by atoms with Gasteiger partial charge in [-0.15, -0.1) is 0 Å². The number of para-hydroxylation sites is 2. The minimum absolute atomic E-state index is 0.337. The van der Waals surface area contributed by atoms with Crippen LogP contribution in [0.25, 0.3) is 11.1 Å². The Bertz CT molecular complexity index is 999. The van der Waals surface area contributed by atoms with Gasteiger partial charge in [-0.25, -0.2) is 4.79 Å². The van der Waals surface area contributed by atoms with Crippen LogP contribution in [-0.4, -0.2) is 29.5 Å². The molecule has 1 heterocycles. The maximum atomic E-state index is 12.4. The quantitative estimate of drug-likeness (QED) is 0.498. The van der Waals surface area contributed by atoms with Crippen molar-refractivity contribution in [1.29, 1.82) is 0 Å². The van der Waals surface area contributed by atoms with Gasteiger partial charge < -0.3 is 13.9 Å². The van der Waals surface area contributed by atoms with E-state index in [0.29, 0.717) is 22.4 Å². The van der Waals surface area contributed by atoms with Gasteiger partial charge >= 0.3 is 11.7 Å². The molecule has 0 aliphatic heterocycles. The Morgan fingerprint density at radius 2 is 1.81 bits per heavy atom. The third-order valence-corrected chi connectivity index (χ3v) is 3.91. The van der Waals surface area contributed by atoms with E-state index in [4.69, 9.17) is 13.9 Å². The molecule has 0 fully saturated rings. The van der Waals surface area contributed by atoms with Crippen molar-refractivity contribution in [2.24, 2.45) is 0 Å². The van der Waals surface area contributed by atoms with Crippen molar-refractivity contribution < 1.29 is 23.5 Å². The fraction of sp³-hybridized carbons (Fsp3) is 0.211. The number of hydrogen-bond donors (Lipinski definition) is 0. The highest BCUT2D eigenvalue weighted by Gasteiger charge is 2.21. The molecule has 2 aromatic carbocycles. The number of nitrogens with zero attached hydrogens (tertiary/aromatic N) is 1. The number of hydrogen-bond acceptors (Lipinski definition) is 6. The highest BCUT2D eigenvalue weighted by atomic mass is 16.5. The van der Waals surface area contributed by atoms with E-state index in [2.05, 4.69) is 0 Å². The molecular weight excluding hydrogens is 338 g/mol. The second-order valence-electron chi connectivity index (χ2n) is 5.65. The molecule has 1 aromatic heterocycles. The van der Waals surface area contributed by atoms with Crippen LogP contribution in [-0.2, 0) is 16.1 Å². The highest BCUT2D eigenvalue weighted by Crippen LogP contribution is 2.15. The smallest absolute Gasteiger partial charge is 0.420 e. The van der Waals surface area contributed by atoms with Gasteiger partial charge in [0.1, 0.15) is 12.3 Å². The number of carbonyl (C=O) groups is 2. The van der Waals surface area contributed by atoms with Crippen LogP contribution in [0.3, 0.4) is 0 Å². The zero-order chi connectivity index (χ0) is 18.7. The van der Waals surface area contributed by atoms with E-state index in [9.17, 15) is 14.4 Å². The van der Waals surface area contributed by atoms with Crippen LogP contribution < -0.4 is 10.5 Å². The lowest BCUT2D eigenvalue weighted by molar-refractivity contribution is -0.147. The van der Waals surface area contributed by atoms with Gasteiger partial charge in [-0.2, -0.15) is 0 Å². The molecule has 0 aliphatic carbocycles. The van der Waals surface area contributed by atoms with Crippen molar-refractivity contribution in [1.82, 2.24) is 4.57 Å². The van der Waals surface area contributed by atoms with Crippen LogP contribution in [0, 0.1) is 0 Å². The van der Waals surface area contributed by atoms with Crippen molar-refractivity contribution in [2.45, 2.75) is 19.6 Å². The molecule has 0 N–H and O–H groups in total. The standard InChI is InChI=1S/C19H17NO6/c1-12(18(22)13-7-9-14(24-2)10-8-13)25-17(21)11-20-15-5-3-4-6-16(15)26-19(20)23/h3-10,12H,11H2,1-2H3/t12-/m1/s1. The Hall–Kier alpha value is -3.35. The van der Waals surface area contributed by atoms with E-state index in [1.54, 1.807) is 48.5 Å². The maximum Gasteiger partial charge on any atom is 0.420 e. The molecule has 0 aliphatic rings. The number of rotatable bonds is 6. The molecule has 26 heavy (non-hydrogen) atoms. The van der Waals surface area contributed by atoms with Gasteiger partial charge in [-0.3, -0.25) is 14.2 Å². The fourth-order valence-electron chi connectivity index (χ4n) is 2.57. The molecule has 7 heteroatoms. The van der Waals surface area contributed by atoms with E-state index >= 15 is 0 Å². The molecular formula is C19H17NO6. The van der Waals surface area contributed by atoms with Crippen molar-refractivity contribution in [3.05, 3.63) is 64.6 Å². The minimum Gasteiger partial charge on any atom is -0.497 e. The lowest BCUT2D eigenvalue weighted by Gasteiger charge is -2.12. The Morgan fingerprint density at radius 1 is 1.12 bits per heavy atom. The van der Waals surface area contributed by atoms with Gasteiger partial charge in [0, 0.05) is 5.56 Å². The Labute approximate surface area is 148 Å². The predicted octanol–water partition coefficient (Wildman–Crippen LogP) is 2.42. The normalized spacial score (nSPS) is 11.9. The van der Waals surface area contributed by atoms with Gasteiger partial charge in [0.15, 0.2) is 11.7 Å². The number of esters is 1. The number of methoxy groups -OCH3 is 1. The Morgan fingerprint density at radius 3 is 2.50 bits per heavy atom. The molecule has 1 atom stereocenters. The summed E-state index contributed by atoms with van der Waals surface area (Å²) < 4.78 is 16.5. The number of oxazole rings is 1. The van der Waals surface area contributed by atoms with Crippen molar-refractivity contribution in [3.63, 3.8) is 0 Å². The first kappa shape index (κ1) is 17.5. The van der Waals surface area contributed by atoms with Crippen LogP contribution in [0.15, 0.2) is 57.7 Å². The van der Waals surface area contributed by atoms with E-state index in [1.165, 1.54) is 18.6 Å². The van der Waals surface area contributed by atoms with Gasteiger partial charge in [0.25, 0.3) is 0 Å². The van der Waals surface area contributed by atoms with Crippen LogP contribution in [0.2, 0.25) is 0 Å². The number of aromatic nitrogens is 1. The first-order valence-electron chi connectivity index (χ1n) is 7.95. The molecule has 0 spiro atoms. The van der Waals surface area contributed by atoms with Gasteiger partial charge in [-0.1, -0.05) is 12.1 Å². The molecule has 134 valence electrons. The minimum atomic E-state index is -0.982. The van der Waals surface area contributed by atoms with Crippen LogP contribution in [0.1, 0.15) is 17.3 Å². The summed E-state index contributed by atoms with van der Waals surface area (Å²) in [6.07, 6.45) is -0.982. The first-order valence-corrected chi connectivity index (χ1v) is 7.95. The van der Waals surface area contributed by atoms with E-state index < -0.39 is 17.8 Å². The monoisotopic (exact) mass is 355 g/mol. The number of benzene rings is 2. The third-order valence-electron chi connectivity index (χ3n) is 3.91. The molecule has 7 nitrogen and oxygen atoms in total. The molecule has 0 saturated carbocycles. The van der Waals surface area contributed by atoms with Gasteiger partial charge in [0.2, 0.25) is 5.78 Å². The lowest BCUT2D eigenvalue weighted by Crippen LogP contribution is -2.28. The van der Waals surface area contributed by atoms with Crippen molar-refractivity contribution >= 4 is 22.9 Å².